The lowest BCUT2D eigenvalue weighted by Gasteiger charge is -2.01. The molecule has 0 unspecified atom stereocenters. The average Bonchev–Trinajstić information content (AvgIpc) is 2.50. The molecule has 0 aliphatic heterocycles. The summed E-state index contributed by atoms with van der Waals surface area (Å²) in [4.78, 5) is 21.0. The molecular weight excluding hydrogens is 264 g/mol. The Labute approximate surface area is 125 Å². The van der Waals surface area contributed by atoms with Crippen molar-refractivity contribution in [3.8, 4) is 5.75 Å². The van der Waals surface area contributed by atoms with Crippen LogP contribution in [-0.4, -0.2) is 12.3 Å². The molecule has 0 saturated heterocycles. The molecule has 2 rings (SSSR count). The predicted octanol–water partition coefficient (Wildman–Crippen LogP) is 3.82. The zero-order valence-electron chi connectivity index (χ0n) is 12.2. The molecule has 0 radical (unpaired) electrons. The van der Waals surface area contributed by atoms with Crippen molar-refractivity contribution in [3.63, 3.8) is 0 Å². The fourth-order valence-corrected chi connectivity index (χ4v) is 1.59. The van der Waals surface area contributed by atoms with Gasteiger partial charge in [-0.25, -0.2) is 0 Å². The van der Waals surface area contributed by atoms with Gasteiger partial charge in [0.15, 0.2) is 0 Å². The molecule has 0 aromatic heterocycles. The summed E-state index contributed by atoms with van der Waals surface area (Å²) in [5, 5.41) is 0. The van der Waals surface area contributed by atoms with E-state index in [4.69, 9.17) is 4.74 Å². The second-order valence-corrected chi connectivity index (χ2v) is 4.39. The van der Waals surface area contributed by atoms with E-state index in [1.165, 1.54) is 0 Å². The highest BCUT2D eigenvalue weighted by molar-refractivity contribution is 5.72. The van der Waals surface area contributed by atoms with Gasteiger partial charge in [-0.1, -0.05) is 55.5 Å². The summed E-state index contributed by atoms with van der Waals surface area (Å²) in [7, 11) is 0. The third-order valence-corrected chi connectivity index (χ3v) is 2.59. The number of carbonyl (C=O) groups excluding carboxylic acids is 2. The molecule has 0 spiro atoms. The standard InChI is InChI=1S/C10H12O2.C8H8O/c1-2-6-10(11)12-9-7-4-3-5-8-9;9-7-6-8-4-2-1-3-5-8/h3-5,7-8H,2,6H2,1H3;1-5,7H,6H2. The Morgan fingerprint density at radius 3 is 2.10 bits per heavy atom. The molecule has 2 aromatic rings. The second kappa shape index (κ2) is 10.4. The smallest absolute Gasteiger partial charge is 0.311 e. The minimum atomic E-state index is -0.163. The summed E-state index contributed by atoms with van der Waals surface area (Å²) in [6.45, 7) is 1.95. The summed E-state index contributed by atoms with van der Waals surface area (Å²) in [6, 6.07) is 18.8. The molecule has 0 heterocycles. The van der Waals surface area contributed by atoms with Crippen LogP contribution < -0.4 is 4.74 Å². The van der Waals surface area contributed by atoms with E-state index in [1.54, 1.807) is 12.1 Å². The minimum Gasteiger partial charge on any atom is -0.427 e. The molecule has 0 aliphatic rings. The Morgan fingerprint density at radius 2 is 1.57 bits per heavy atom. The summed E-state index contributed by atoms with van der Waals surface area (Å²) in [6.07, 6.45) is 2.75. The number of hydrogen-bond acceptors (Lipinski definition) is 3. The number of hydrogen-bond donors (Lipinski definition) is 0. The van der Waals surface area contributed by atoms with Crippen LogP contribution in [0.15, 0.2) is 60.7 Å². The molecule has 0 fully saturated rings. The Bertz CT molecular complexity index is 521. The van der Waals surface area contributed by atoms with E-state index in [-0.39, 0.29) is 5.97 Å². The van der Waals surface area contributed by atoms with Gasteiger partial charge in [0.2, 0.25) is 0 Å². The molecule has 110 valence electrons. The number of esters is 1. The van der Waals surface area contributed by atoms with Crippen LogP contribution >= 0.6 is 0 Å². The first kappa shape index (κ1) is 16.6. The lowest BCUT2D eigenvalue weighted by Crippen LogP contribution is -2.06. The van der Waals surface area contributed by atoms with Crippen LogP contribution in [0.1, 0.15) is 25.3 Å². The maximum atomic E-state index is 11.0. The summed E-state index contributed by atoms with van der Waals surface area (Å²) < 4.78 is 5.02. The van der Waals surface area contributed by atoms with Crippen LogP contribution in [-0.2, 0) is 16.0 Å². The Morgan fingerprint density at radius 1 is 1.00 bits per heavy atom. The van der Waals surface area contributed by atoms with E-state index in [0.29, 0.717) is 18.6 Å². The van der Waals surface area contributed by atoms with Crippen LogP contribution in [0, 0.1) is 0 Å². The van der Waals surface area contributed by atoms with E-state index in [9.17, 15) is 9.59 Å². The first-order valence-corrected chi connectivity index (χ1v) is 6.99. The van der Waals surface area contributed by atoms with Gasteiger partial charge in [-0.2, -0.15) is 0 Å². The van der Waals surface area contributed by atoms with Gasteiger partial charge in [0.05, 0.1) is 0 Å². The molecule has 0 amide bonds. The van der Waals surface area contributed by atoms with Crippen LogP contribution in [0.3, 0.4) is 0 Å². The van der Waals surface area contributed by atoms with E-state index in [0.717, 1.165) is 18.3 Å². The molecule has 21 heavy (non-hydrogen) atoms. The van der Waals surface area contributed by atoms with E-state index in [1.807, 2.05) is 55.5 Å². The zero-order valence-corrected chi connectivity index (χ0v) is 12.2. The molecule has 0 N–H and O–H groups in total. The monoisotopic (exact) mass is 284 g/mol. The average molecular weight is 284 g/mol. The fourth-order valence-electron chi connectivity index (χ4n) is 1.59. The van der Waals surface area contributed by atoms with Crippen molar-refractivity contribution in [2.24, 2.45) is 0 Å². The van der Waals surface area contributed by atoms with Crippen molar-refractivity contribution in [2.75, 3.05) is 0 Å². The molecule has 0 saturated carbocycles. The number of rotatable bonds is 5. The van der Waals surface area contributed by atoms with Crippen LogP contribution in [0.5, 0.6) is 5.75 Å². The lowest BCUT2D eigenvalue weighted by molar-refractivity contribution is -0.134. The lowest BCUT2D eigenvalue weighted by atomic mass is 10.2. The van der Waals surface area contributed by atoms with Crippen molar-refractivity contribution < 1.29 is 14.3 Å². The third-order valence-electron chi connectivity index (χ3n) is 2.59. The zero-order chi connectivity index (χ0) is 15.3. The highest BCUT2D eigenvalue weighted by Crippen LogP contribution is 2.09. The molecule has 0 atom stereocenters. The van der Waals surface area contributed by atoms with Gasteiger partial charge in [0, 0.05) is 12.8 Å². The van der Waals surface area contributed by atoms with Gasteiger partial charge < -0.3 is 9.53 Å². The first-order valence-electron chi connectivity index (χ1n) is 6.99. The molecule has 0 aliphatic carbocycles. The van der Waals surface area contributed by atoms with Crippen LogP contribution in [0.2, 0.25) is 0 Å². The van der Waals surface area contributed by atoms with Crippen LogP contribution in [0.4, 0.5) is 0 Å². The molecule has 0 bridgehead atoms. The number of aldehydes is 1. The van der Waals surface area contributed by atoms with Gasteiger partial charge in [0.25, 0.3) is 0 Å². The van der Waals surface area contributed by atoms with Gasteiger partial charge in [-0.15, -0.1) is 0 Å². The van der Waals surface area contributed by atoms with Gasteiger partial charge in [-0.3, -0.25) is 4.79 Å². The number of para-hydroxylation sites is 1. The highest BCUT2D eigenvalue weighted by atomic mass is 16.5. The highest BCUT2D eigenvalue weighted by Gasteiger charge is 2.00. The Balaban J connectivity index is 0.000000219. The van der Waals surface area contributed by atoms with Crippen molar-refractivity contribution in [1.82, 2.24) is 0 Å². The fraction of sp³-hybridized carbons (Fsp3) is 0.222. The van der Waals surface area contributed by atoms with Crippen molar-refractivity contribution in [2.45, 2.75) is 26.2 Å². The molecule has 3 nitrogen and oxygen atoms in total. The minimum absolute atomic E-state index is 0.163. The summed E-state index contributed by atoms with van der Waals surface area (Å²) in [5.74, 6) is 0.458. The van der Waals surface area contributed by atoms with E-state index >= 15 is 0 Å². The van der Waals surface area contributed by atoms with Crippen LogP contribution in [0.25, 0.3) is 0 Å². The van der Waals surface area contributed by atoms with Crippen molar-refractivity contribution in [3.05, 3.63) is 66.2 Å². The van der Waals surface area contributed by atoms with E-state index < -0.39 is 0 Å². The van der Waals surface area contributed by atoms with Gasteiger partial charge >= 0.3 is 5.97 Å². The second-order valence-electron chi connectivity index (χ2n) is 4.39. The molecular formula is C18H20O3. The number of ether oxygens (including phenoxy) is 1. The largest absolute Gasteiger partial charge is 0.427 e. The Hall–Kier alpha value is -2.42. The maximum Gasteiger partial charge on any atom is 0.311 e. The number of benzene rings is 2. The van der Waals surface area contributed by atoms with Crippen molar-refractivity contribution >= 4 is 12.3 Å². The van der Waals surface area contributed by atoms with Gasteiger partial charge in [-0.05, 0) is 24.1 Å². The Kier molecular flexibility index (Phi) is 8.22. The first-order chi connectivity index (χ1) is 10.3. The summed E-state index contributed by atoms with van der Waals surface area (Å²) >= 11 is 0. The third kappa shape index (κ3) is 7.67. The predicted molar refractivity (Wildman–Crippen MR) is 83.2 cm³/mol. The summed E-state index contributed by atoms with van der Waals surface area (Å²) in [5.41, 5.74) is 1.08. The van der Waals surface area contributed by atoms with Gasteiger partial charge in [0.1, 0.15) is 12.0 Å². The topological polar surface area (TPSA) is 43.4 Å². The van der Waals surface area contributed by atoms with E-state index in [2.05, 4.69) is 0 Å². The quantitative estimate of drug-likeness (QED) is 0.476. The van der Waals surface area contributed by atoms with Crippen molar-refractivity contribution in [1.29, 1.82) is 0 Å². The maximum absolute atomic E-state index is 11.0. The normalized spacial score (nSPS) is 9.19. The number of carbonyl (C=O) groups is 2. The molecule has 2 aromatic carbocycles. The molecule has 3 heteroatoms. The SMILES string of the molecule is CCCC(=O)Oc1ccccc1.O=CCc1ccccc1.